The first-order chi connectivity index (χ1) is 7.70. The van der Waals surface area contributed by atoms with Crippen molar-refractivity contribution >= 4 is 40.4 Å². The van der Waals surface area contributed by atoms with Crippen LogP contribution in [0.15, 0.2) is 29.2 Å². The highest BCUT2D eigenvalue weighted by molar-refractivity contribution is 8.15. The third-order valence-corrected chi connectivity index (χ3v) is 3.76. The summed E-state index contributed by atoms with van der Waals surface area (Å²) in [4.78, 5) is 23.4. The lowest BCUT2D eigenvalue weighted by Crippen LogP contribution is -2.29. The predicted molar refractivity (Wildman–Crippen MR) is 66.8 cm³/mol. The van der Waals surface area contributed by atoms with Crippen molar-refractivity contribution in [3.63, 3.8) is 0 Å². The van der Waals surface area contributed by atoms with Crippen molar-refractivity contribution in [2.24, 2.45) is 0 Å². The number of amides is 2. The molecular formula is C10H10N2O2S2. The van der Waals surface area contributed by atoms with Gasteiger partial charge in [0.05, 0.1) is 0 Å². The first kappa shape index (κ1) is 11.3. The molecule has 1 heterocycles. The van der Waals surface area contributed by atoms with E-state index >= 15 is 0 Å². The average Bonchev–Trinajstić information content (AvgIpc) is 2.58. The van der Waals surface area contributed by atoms with E-state index in [0.29, 0.717) is 0 Å². The minimum Gasteiger partial charge on any atom is -0.364 e. The zero-order chi connectivity index (χ0) is 11.5. The molecule has 6 heteroatoms. The SMILES string of the molecule is CSc1ccccc1NC1SC(=O)NC1=O. The van der Waals surface area contributed by atoms with Crippen molar-refractivity contribution in [1.29, 1.82) is 0 Å². The van der Waals surface area contributed by atoms with Gasteiger partial charge in [-0.2, -0.15) is 0 Å². The fraction of sp³-hybridized carbons (Fsp3) is 0.200. The van der Waals surface area contributed by atoms with Gasteiger partial charge in [-0.25, -0.2) is 0 Å². The monoisotopic (exact) mass is 254 g/mol. The predicted octanol–water partition coefficient (Wildman–Crippen LogP) is 2.13. The number of para-hydroxylation sites is 1. The van der Waals surface area contributed by atoms with Crippen molar-refractivity contribution in [2.45, 2.75) is 10.3 Å². The summed E-state index contributed by atoms with van der Waals surface area (Å²) in [5.41, 5.74) is 0.873. The molecular weight excluding hydrogens is 244 g/mol. The molecule has 0 saturated carbocycles. The Labute approximate surface area is 102 Å². The summed E-state index contributed by atoms with van der Waals surface area (Å²) in [7, 11) is 0. The fourth-order valence-electron chi connectivity index (χ4n) is 1.36. The fourth-order valence-corrected chi connectivity index (χ4v) is 2.64. The molecule has 1 unspecified atom stereocenters. The summed E-state index contributed by atoms with van der Waals surface area (Å²) in [6.07, 6.45) is 1.97. The molecule has 4 nitrogen and oxygen atoms in total. The van der Waals surface area contributed by atoms with E-state index in [1.807, 2.05) is 30.5 Å². The minimum atomic E-state index is -0.527. The van der Waals surface area contributed by atoms with Gasteiger partial charge in [0.1, 0.15) is 0 Å². The number of rotatable bonds is 3. The molecule has 2 amide bonds. The van der Waals surface area contributed by atoms with Crippen LogP contribution >= 0.6 is 23.5 Å². The molecule has 2 rings (SSSR count). The van der Waals surface area contributed by atoms with Gasteiger partial charge in [0.2, 0.25) is 0 Å². The Hall–Kier alpha value is -1.14. The van der Waals surface area contributed by atoms with Gasteiger partial charge in [-0.1, -0.05) is 12.1 Å². The van der Waals surface area contributed by atoms with E-state index in [-0.39, 0.29) is 11.1 Å². The summed E-state index contributed by atoms with van der Waals surface area (Å²) in [6.45, 7) is 0. The van der Waals surface area contributed by atoms with Crippen LogP contribution in [0, 0.1) is 0 Å². The third-order valence-electron chi connectivity index (χ3n) is 2.08. The van der Waals surface area contributed by atoms with Crippen LogP contribution in [0.4, 0.5) is 10.5 Å². The Balaban J connectivity index is 2.14. The van der Waals surface area contributed by atoms with Crippen LogP contribution in [-0.4, -0.2) is 22.8 Å². The van der Waals surface area contributed by atoms with Gasteiger partial charge in [0.25, 0.3) is 11.1 Å². The van der Waals surface area contributed by atoms with Crippen LogP contribution in [0.5, 0.6) is 0 Å². The summed E-state index contributed by atoms with van der Waals surface area (Å²) in [5, 5.41) is 4.46. The second kappa shape index (κ2) is 4.80. The molecule has 1 aromatic rings. The van der Waals surface area contributed by atoms with Gasteiger partial charge in [-0.15, -0.1) is 11.8 Å². The van der Waals surface area contributed by atoms with Crippen molar-refractivity contribution < 1.29 is 9.59 Å². The molecule has 0 bridgehead atoms. The average molecular weight is 254 g/mol. The van der Waals surface area contributed by atoms with E-state index in [9.17, 15) is 9.59 Å². The van der Waals surface area contributed by atoms with Gasteiger partial charge < -0.3 is 5.32 Å². The highest BCUT2D eigenvalue weighted by atomic mass is 32.2. The Kier molecular flexibility index (Phi) is 3.40. The number of thioether (sulfide) groups is 2. The molecule has 1 atom stereocenters. The molecule has 2 N–H and O–H groups in total. The Morgan fingerprint density at radius 1 is 1.38 bits per heavy atom. The lowest BCUT2D eigenvalue weighted by molar-refractivity contribution is -0.118. The van der Waals surface area contributed by atoms with E-state index in [4.69, 9.17) is 0 Å². The molecule has 0 radical (unpaired) electrons. The molecule has 0 aliphatic carbocycles. The molecule has 0 spiro atoms. The standard InChI is InChI=1S/C10H10N2O2S2/c1-15-7-5-3-2-4-6(7)11-9-8(13)12-10(14)16-9/h2-5,9,11H,1H3,(H,12,13,14). The second-order valence-corrected chi connectivity index (χ2v) is 5.05. The summed E-state index contributed by atoms with van der Waals surface area (Å²) in [5.74, 6) is -0.286. The summed E-state index contributed by atoms with van der Waals surface area (Å²) in [6, 6.07) is 7.68. The highest BCUT2D eigenvalue weighted by Crippen LogP contribution is 2.28. The molecule has 1 fully saturated rings. The van der Waals surface area contributed by atoms with Gasteiger partial charge in [-0.05, 0) is 30.2 Å². The van der Waals surface area contributed by atoms with Crippen molar-refractivity contribution in [2.75, 3.05) is 11.6 Å². The van der Waals surface area contributed by atoms with Crippen LogP contribution in [0.3, 0.4) is 0 Å². The van der Waals surface area contributed by atoms with Gasteiger partial charge in [-0.3, -0.25) is 14.9 Å². The Bertz CT molecular complexity index is 437. The number of nitrogens with one attached hydrogen (secondary N) is 2. The first-order valence-corrected chi connectivity index (χ1v) is 6.72. The molecule has 1 saturated heterocycles. The zero-order valence-electron chi connectivity index (χ0n) is 8.52. The number of hydrogen-bond donors (Lipinski definition) is 2. The topological polar surface area (TPSA) is 58.2 Å². The van der Waals surface area contributed by atoms with Gasteiger partial charge >= 0.3 is 0 Å². The van der Waals surface area contributed by atoms with Crippen LogP contribution in [0.1, 0.15) is 0 Å². The van der Waals surface area contributed by atoms with Crippen LogP contribution in [-0.2, 0) is 4.79 Å². The van der Waals surface area contributed by atoms with E-state index < -0.39 is 5.37 Å². The number of imide groups is 1. The Morgan fingerprint density at radius 2 is 2.12 bits per heavy atom. The number of hydrogen-bond acceptors (Lipinski definition) is 5. The van der Waals surface area contributed by atoms with Crippen LogP contribution in [0.2, 0.25) is 0 Å². The number of carbonyl (C=O) groups is 2. The highest BCUT2D eigenvalue weighted by Gasteiger charge is 2.31. The maximum atomic E-state index is 11.4. The number of benzene rings is 1. The normalized spacial score (nSPS) is 19.7. The van der Waals surface area contributed by atoms with E-state index in [2.05, 4.69) is 10.6 Å². The van der Waals surface area contributed by atoms with Crippen LogP contribution in [0.25, 0.3) is 0 Å². The van der Waals surface area contributed by atoms with Gasteiger partial charge in [0, 0.05) is 10.6 Å². The summed E-state index contributed by atoms with van der Waals surface area (Å²) < 4.78 is 0. The van der Waals surface area contributed by atoms with Crippen molar-refractivity contribution in [3.8, 4) is 0 Å². The lowest BCUT2D eigenvalue weighted by atomic mass is 10.3. The quantitative estimate of drug-likeness (QED) is 0.809. The Morgan fingerprint density at radius 3 is 2.75 bits per heavy atom. The molecule has 1 aliphatic rings. The minimum absolute atomic E-state index is 0.286. The first-order valence-electron chi connectivity index (χ1n) is 4.62. The smallest absolute Gasteiger partial charge is 0.288 e. The van der Waals surface area contributed by atoms with Crippen molar-refractivity contribution in [3.05, 3.63) is 24.3 Å². The molecule has 0 aromatic heterocycles. The lowest BCUT2D eigenvalue weighted by Gasteiger charge is -2.12. The van der Waals surface area contributed by atoms with Crippen LogP contribution < -0.4 is 10.6 Å². The van der Waals surface area contributed by atoms with E-state index in [1.165, 1.54) is 0 Å². The molecule has 1 aromatic carbocycles. The third kappa shape index (κ3) is 2.33. The number of anilines is 1. The molecule has 1 aliphatic heterocycles. The van der Waals surface area contributed by atoms with Gasteiger partial charge in [0.15, 0.2) is 5.37 Å². The zero-order valence-corrected chi connectivity index (χ0v) is 10.2. The van der Waals surface area contributed by atoms with Crippen molar-refractivity contribution in [1.82, 2.24) is 5.32 Å². The second-order valence-electron chi connectivity index (χ2n) is 3.12. The van der Waals surface area contributed by atoms with E-state index in [0.717, 1.165) is 22.3 Å². The molecule has 16 heavy (non-hydrogen) atoms. The molecule has 84 valence electrons. The largest absolute Gasteiger partial charge is 0.364 e. The summed E-state index contributed by atoms with van der Waals surface area (Å²) >= 11 is 2.56. The van der Waals surface area contributed by atoms with E-state index in [1.54, 1.807) is 11.8 Å². The number of carbonyl (C=O) groups excluding carboxylic acids is 2. The maximum absolute atomic E-state index is 11.4. The maximum Gasteiger partial charge on any atom is 0.288 e.